The fourth-order valence-corrected chi connectivity index (χ4v) is 4.65. The topological polar surface area (TPSA) is 62.6 Å². The lowest BCUT2D eigenvalue weighted by atomic mass is 9.76. The van der Waals surface area contributed by atoms with Gasteiger partial charge in [0.15, 0.2) is 0 Å². The predicted molar refractivity (Wildman–Crippen MR) is 103 cm³/mol. The SMILES string of the molecule is c1ccc2ncc(-c3cc4n(n3)CCC43CN(Cc4ncc[nH]4)C3)cc2c1. The summed E-state index contributed by atoms with van der Waals surface area (Å²) in [5, 5.41) is 6.04. The Labute approximate surface area is 156 Å². The number of pyridine rings is 1. The van der Waals surface area contributed by atoms with Crippen LogP contribution in [-0.2, 0) is 18.5 Å². The van der Waals surface area contributed by atoms with E-state index in [1.165, 1.54) is 12.1 Å². The van der Waals surface area contributed by atoms with Crippen molar-refractivity contribution in [1.82, 2.24) is 29.6 Å². The van der Waals surface area contributed by atoms with Crippen LogP contribution in [0.1, 0.15) is 17.9 Å². The van der Waals surface area contributed by atoms with E-state index in [1.54, 1.807) is 0 Å². The van der Waals surface area contributed by atoms with Crippen molar-refractivity contribution in [2.45, 2.75) is 24.9 Å². The summed E-state index contributed by atoms with van der Waals surface area (Å²) in [6, 6.07) is 12.7. The number of aryl methyl sites for hydroxylation is 1. The van der Waals surface area contributed by atoms with Gasteiger partial charge in [-0.3, -0.25) is 14.6 Å². The molecule has 3 aromatic heterocycles. The van der Waals surface area contributed by atoms with Crippen molar-refractivity contribution in [3.63, 3.8) is 0 Å². The quantitative estimate of drug-likeness (QED) is 0.613. The van der Waals surface area contributed by atoms with Crippen molar-refractivity contribution in [1.29, 1.82) is 0 Å². The van der Waals surface area contributed by atoms with E-state index in [9.17, 15) is 0 Å². The molecule has 2 aliphatic heterocycles. The van der Waals surface area contributed by atoms with Gasteiger partial charge in [0.1, 0.15) is 5.82 Å². The Morgan fingerprint density at radius 1 is 1.11 bits per heavy atom. The molecular weight excluding hydrogens is 336 g/mol. The smallest absolute Gasteiger partial charge is 0.120 e. The lowest BCUT2D eigenvalue weighted by molar-refractivity contribution is 0.0559. The molecule has 6 heteroatoms. The van der Waals surface area contributed by atoms with Gasteiger partial charge in [-0.1, -0.05) is 18.2 Å². The number of para-hydroxylation sites is 1. The van der Waals surface area contributed by atoms with Crippen molar-refractivity contribution < 1.29 is 0 Å². The van der Waals surface area contributed by atoms with Gasteiger partial charge in [-0.2, -0.15) is 5.10 Å². The number of imidazole rings is 1. The molecule has 5 heterocycles. The first-order valence-electron chi connectivity index (χ1n) is 9.43. The average molecular weight is 356 g/mol. The van der Waals surface area contributed by atoms with Crippen molar-refractivity contribution in [3.8, 4) is 11.3 Å². The minimum absolute atomic E-state index is 0.252. The average Bonchev–Trinajstić information content (AvgIpc) is 3.38. The van der Waals surface area contributed by atoms with Crippen LogP contribution < -0.4 is 0 Å². The van der Waals surface area contributed by atoms with Gasteiger partial charge in [-0.25, -0.2) is 4.98 Å². The molecule has 4 aromatic rings. The van der Waals surface area contributed by atoms with Gasteiger partial charge in [0, 0.05) is 60.3 Å². The molecule has 1 spiro atoms. The molecule has 1 aromatic carbocycles. The lowest BCUT2D eigenvalue weighted by Gasteiger charge is -2.47. The maximum atomic E-state index is 4.89. The summed E-state index contributed by atoms with van der Waals surface area (Å²) < 4.78 is 2.20. The lowest BCUT2D eigenvalue weighted by Crippen LogP contribution is -2.57. The molecule has 0 radical (unpaired) electrons. The summed E-state index contributed by atoms with van der Waals surface area (Å²) >= 11 is 0. The fraction of sp³-hybridized carbons (Fsp3) is 0.286. The number of rotatable bonds is 3. The zero-order valence-electron chi connectivity index (χ0n) is 15.0. The normalized spacial score (nSPS) is 18.1. The molecule has 0 unspecified atom stereocenters. The highest BCUT2D eigenvalue weighted by molar-refractivity contribution is 5.82. The van der Waals surface area contributed by atoms with Crippen LogP contribution in [0, 0.1) is 0 Å². The summed E-state index contributed by atoms with van der Waals surface area (Å²) in [4.78, 5) is 14.6. The summed E-state index contributed by atoms with van der Waals surface area (Å²) in [6.45, 7) is 4.05. The molecule has 6 nitrogen and oxygen atoms in total. The second-order valence-corrected chi connectivity index (χ2v) is 7.77. The third kappa shape index (κ3) is 2.33. The van der Waals surface area contributed by atoms with Crippen LogP contribution in [0.5, 0.6) is 0 Å². The number of nitrogens with one attached hydrogen (secondary N) is 1. The molecule has 6 rings (SSSR count). The number of benzene rings is 1. The van der Waals surface area contributed by atoms with Crippen LogP contribution in [0.3, 0.4) is 0 Å². The van der Waals surface area contributed by atoms with E-state index in [1.807, 2.05) is 30.7 Å². The Morgan fingerprint density at radius 2 is 2.04 bits per heavy atom. The highest BCUT2D eigenvalue weighted by Crippen LogP contribution is 2.44. The van der Waals surface area contributed by atoms with E-state index in [4.69, 9.17) is 5.10 Å². The van der Waals surface area contributed by atoms with E-state index in [-0.39, 0.29) is 5.41 Å². The number of H-pyrrole nitrogens is 1. The zero-order valence-corrected chi connectivity index (χ0v) is 15.0. The van der Waals surface area contributed by atoms with Crippen LogP contribution >= 0.6 is 0 Å². The minimum Gasteiger partial charge on any atom is -0.348 e. The second-order valence-electron chi connectivity index (χ2n) is 7.77. The Morgan fingerprint density at radius 3 is 2.93 bits per heavy atom. The Bertz CT molecular complexity index is 1120. The van der Waals surface area contributed by atoms with E-state index in [2.05, 4.69) is 48.8 Å². The van der Waals surface area contributed by atoms with Crippen molar-refractivity contribution in [2.24, 2.45) is 0 Å². The molecule has 0 atom stereocenters. The van der Waals surface area contributed by atoms with E-state index in [0.29, 0.717) is 0 Å². The summed E-state index contributed by atoms with van der Waals surface area (Å²) in [7, 11) is 0. The molecule has 1 N–H and O–H groups in total. The molecule has 0 bridgehead atoms. The largest absolute Gasteiger partial charge is 0.348 e. The van der Waals surface area contributed by atoms with Gasteiger partial charge in [0.05, 0.1) is 17.8 Å². The maximum absolute atomic E-state index is 4.89. The van der Waals surface area contributed by atoms with Crippen LogP contribution in [-0.4, -0.2) is 42.7 Å². The van der Waals surface area contributed by atoms with Gasteiger partial charge in [0.2, 0.25) is 0 Å². The molecule has 2 aliphatic rings. The van der Waals surface area contributed by atoms with Gasteiger partial charge in [0.25, 0.3) is 0 Å². The number of fused-ring (bicyclic) bond motifs is 3. The second kappa shape index (κ2) is 5.50. The van der Waals surface area contributed by atoms with E-state index >= 15 is 0 Å². The van der Waals surface area contributed by atoms with E-state index < -0.39 is 0 Å². The van der Waals surface area contributed by atoms with Gasteiger partial charge >= 0.3 is 0 Å². The number of aromatic amines is 1. The Balaban J connectivity index is 1.28. The van der Waals surface area contributed by atoms with E-state index in [0.717, 1.165) is 54.2 Å². The molecular formula is C21H20N6. The third-order valence-electron chi connectivity index (χ3n) is 5.99. The van der Waals surface area contributed by atoms with Crippen LogP contribution in [0.15, 0.2) is 55.0 Å². The zero-order chi connectivity index (χ0) is 17.8. The van der Waals surface area contributed by atoms with Gasteiger partial charge in [-0.15, -0.1) is 0 Å². The number of nitrogens with zero attached hydrogens (tertiary/aromatic N) is 5. The van der Waals surface area contributed by atoms with Gasteiger partial charge < -0.3 is 4.98 Å². The number of likely N-dealkylation sites (tertiary alicyclic amines) is 1. The fourth-order valence-electron chi connectivity index (χ4n) is 4.65. The Hall–Kier alpha value is -2.99. The first kappa shape index (κ1) is 15.1. The Kier molecular flexibility index (Phi) is 3.08. The number of hydrogen-bond donors (Lipinski definition) is 1. The van der Waals surface area contributed by atoms with Gasteiger partial charge in [-0.05, 0) is 24.6 Å². The number of aromatic nitrogens is 5. The summed E-state index contributed by atoms with van der Waals surface area (Å²) in [5.41, 5.74) is 4.78. The molecule has 134 valence electrons. The number of hydrogen-bond acceptors (Lipinski definition) is 4. The summed E-state index contributed by atoms with van der Waals surface area (Å²) in [5.74, 6) is 1.04. The monoisotopic (exact) mass is 356 g/mol. The van der Waals surface area contributed by atoms with Crippen molar-refractivity contribution in [3.05, 3.63) is 66.5 Å². The molecule has 0 aliphatic carbocycles. The van der Waals surface area contributed by atoms with Crippen molar-refractivity contribution >= 4 is 10.9 Å². The van der Waals surface area contributed by atoms with Crippen LogP contribution in [0.4, 0.5) is 0 Å². The highest BCUT2D eigenvalue weighted by Gasteiger charge is 2.49. The minimum atomic E-state index is 0.252. The standard InChI is InChI=1S/C21H20N6/c1-2-4-17-15(3-1)9-16(11-24-17)18-10-19-21(5-8-27(19)25-18)13-26(14-21)12-20-22-6-7-23-20/h1-4,6-7,9-11H,5,8,12-14H2,(H,22,23). The molecule has 27 heavy (non-hydrogen) atoms. The molecule has 0 amide bonds. The molecule has 1 fully saturated rings. The maximum Gasteiger partial charge on any atom is 0.120 e. The van der Waals surface area contributed by atoms with Crippen molar-refractivity contribution in [2.75, 3.05) is 13.1 Å². The summed E-state index contributed by atoms with van der Waals surface area (Å²) in [6.07, 6.45) is 6.83. The first-order chi connectivity index (χ1) is 13.3. The molecule has 1 saturated heterocycles. The predicted octanol–water partition coefficient (Wildman–Crippen LogP) is 2.98. The first-order valence-corrected chi connectivity index (χ1v) is 9.43. The van der Waals surface area contributed by atoms with Crippen LogP contribution in [0.2, 0.25) is 0 Å². The van der Waals surface area contributed by atoms with Crippen LogP contribution in [0.25, 0.3) is 22.2 Å². The molecule has 0 saturated carbocycles. The third-order valence-corrected chi connectivity index (χ3v) is 5.99. The highest BCUT2D eigenvalue weighted by atomic mass is 15.3.